The van der Waals surface area contributed by atoms with E-state index >= 15 is 0 Å². The largest absolute Gasteiger partial charge is 1.00 e. The fourth-order valence-corrected chi connectivity index (χ4v) is 4.62. The third-order valence-electron chi connectivity index (χ3n) is 5.78. The molecule has 0 saturated heterocycles. The van der Waals surface area contributed by atoms with Crippen LogP contribution in [0.2, 0.25) is 0 Å². The van der Waals surface area contributed by atoms with E-state index in [0.717, 1.165) is 41.3 Å². The molecule has 184 valence electrons. The average molecular weight is 547 g/mol. The third-order valence-corrected chi connectivity index (χ3v) is 6.16. The topological polar surface area (TPSA) is 81.7 Å². The number of nitrogens with one attached hydrogen (secondary N) is 1. The fraction of sp³-hybridized carbons (Fsp3) is 0.174. The van der Waals surface area contributed by atoms with Gasteiger partial charge in [0.05, 0.1) is 0 Å². The van der Waals surface area contributed by atoms with Crippen molar-refractivity contribution >= 4 is 29.0 Å². The summed E-state index contributed by atoms with van der Waals surface area (Å²) in [5.41, 5.74) is 2.18. The van der Waals surface area contributed by atoms with Crippen molar-refractivity contribution in [2.75, 3.05) is 6.61 Å². The van der Waals surface area contributed by atoms with E-state index in [1.54, 1.807) is 0 Å². The van der Waals surface area contributed by atoms with Gasteiger partial charge in [0, 0.05) is 12.5 Å². The van der Waals surface area contributed by atoms with E-state index in [1.165, 1.54) is 0 Å². The maximum absolute atomic E-state index is 13.4. The van der Waals surface area contributed by atoms with Gasteiger partial charge in [0.1, 0.15) is 12.4 Å². The van der Waals surface area contributed by atoms with Gasteiger partial charge in [-0.05, 0) is 46.4 Å². The molecule has 3 aromatic rings. The van der Waals surface area contributed by atoms with Crippen molar-refractivity contribution in [2.24, 2.45) is 0 Å². The van der Waals surface area contributed by atoms with Crippen LogP contribution in [0.4, 0.5) is 21.6 Å². The Kier molecular flexibility index (Phi) is 8.95. The van der Waals surface area contributed by atoms with Crippen LogP contribution in [0.5, 0.6) is 5.75 Å². The predicted octanol–water partition coefficient (Wildman–Crippen LogP) is 1.69. The summed E-state index contributed by atoms with van der Waals surface area (Å²) in [5.74, 6) is -1.02. The quantitative estimate of drug-likeness (QED) is 0.277. The van der Waals surface area contributed by atoms with Crippen molar-refractivity contribution in [1.29, 1.82) is 0 Å². The van der Waals surface area contributed by atoms with Crippen molar-refractivity contribution in [3.63, 3.8) is 0 Å². The Morgan fingerprint density at radius 1 is 1.00 bits per heavy atom. The monoisotopic (exact) mass is 547 g/mol. The van der Waals surface area contributed by atoms with Crippen LogP contribution in [-0.2, 0) is 21.8 Å². The number of hydrogen-bond acceptors (Lipinski definition) is 5. The molecule has 36 heavy (non-hydrogen) atoms. The zero-order valence-electron chi connectivity index (χ0n) is 19.3. The van der Waals surface area contributed by atoms with Gasteiger partial charge < -0.3 is 27.2 Å². The molecule has 0 bridgehead atoms. The van der Waals surface area contributed by atoms with Crippen molar-refractivity contribution in [3.8, 4) is 16.9 Å². The van der Waals surface area contributed by atoms with Crippen LogP contribution in [0.1, 0.15) is 28.2 Å². The molecule has 0 aliphatic heterocycles. The SMILES string of the molecule is Cc1c(OS(=O)(=O)F)cc(CNC(=O)OCC2c3ccccc3-c3ccccc32)cc1[B-](F)(F)F.[K+]. The van der Waals surface area contributed by atoms with E-state index < -0.39 is 46.9 Å². The molecule has 6 nitrogen and oxygen atoms in total. The number of hydrogen-bond donors (Lipinski definition) is 1. The van der Waals surface area contributed by atoms with Crippen molar-refractivity contribution in [3.05, 3.63) is 82.9 Å². The number of alkyl carbamates (subject to hydrolysis) is 1. The van der Waals surface area contributed by atoms with Gasteiger partial charge in [0.15, 0.2) is 0 Å². The molecule has 0 atom stereocenters. The molecule has 4 rings (SSSR count). The molecule has 1 amide bonds. The summed E-state index contributed by atoms with van der Waals surface area (Å²) in [6.45, 7) is -5.03. The second kappa shape index (κ2) is 11.2. The molecule has 1 aliphatic carbocycles. The normalized spacial score (nSPS) is 12.8. The predicted molar refractivity (Wildman–Crippen MR) is 122 cm³/mol. The van der Waals surface area contributed by atoms with Crippen LogP contribution in [0, 0.1) is 6.92 Å². The smallest absolute Gasteiger partial charge is 0.449 e. The number of carbonyl (C=O) groups is 1. The number of fused-ring (bicyclic) bond motifs is 3. The Morgan fingerprint density at radius 3 is 2.08 bits per heavy atom. The number of ether oxygens (including phenoxy) is 1. The minimum atomic E-state index is -5.56. The first-order chi connectivity index (χ1) is 16.4. The molecule has 1 N–H and O–H groups in total. The fourth-order valence-electron chi connectivity index (χ4n) is 4.23. The van der Waals surface area contributed by atoms with Gasteiger partial charge in [-0.3, -0.25) is 0 Å². The van der Waals surface area contributed by atoms with Gasteiger partial charge in [0.25, 0.3) is 0 Å². The van der Waals surface area contributed by atoms with Crippen LogP contribution in [0.3, 0.4) is 0 Å². The average Bonchev–Trinajstić information content (AvgIpc) is 3.10. The van der Waals surface area contributed by atoms with E-state index in [1.807, 2.05) is 48.5 Å². The number of amides is 1. The maximum Gasteiger partial charge on any atom is 1.00 e. The Bertz CT molecular complexity index is 1360. The minimum Gasteiger partial charge on any atom is -0.449 e. The van der Waals surface area contributed by atoms with Crippen molar-refractivity contribution in [2.45, 2.75) is 19.4 Å². The first-order valence-corrected chi connectivity index (χ1v) is 11.8. The number of benzene rings is 3. The van der Waals surface area contributed by atoms with Gasteiger partial charge in [-0.25, -0.2) is 4.79 Å². The van der Waals surface area contributed by atoms with E-state index in [9.17, 15) is 30.0 Å². The van der Waals surface area contributed by atoms with E-state index in [2.05, 4.69) is 9.50 Å². The Hall–Kier alpha value is -1.90. The summed E-state index contributed by atoms with van der Waals surface area (Å²) < 4.78 is 84.3. The summed E-state index contributed by atoms with van der Waals surface area (Å²) >= 11 is 0. The maximum atomic E-state index is 13.4. The standard InChI is InChI=1S/C23H19BF4NO5S.K/c1-14-21(24(25,26)27)10-15(11-22(14)34-35(28,31)32)12-29-23(30)33-13-20-18-8-4-2-6-16(18)17-7-3-5-9-19(17)20;/h2-11,20H,12-13H2,1H3,(H,29,30);/q-1;+1. The molecule has 0 heterocycles. The van der Waals surface area contributed by atoms with E-state index in [-0.39, 0.29) is 69.5 Å². The zero-order chi connectivity index (χ0) is 25.4. The van der Waals surface area contributed by atoms with Gasteiger partial charge in [-0.15, -0.1) is 5.46 Å². The number of rotatable bonds is 7. The summed E-state index contributed by atoms with van der Waals surface area (Å²) in [6.07, 6.45) is -0.882. The number of carbonyl (C=O) groups excluding carboxylic acids is 1. The molecule has 13 heteroatoms. The molecule has 0 aromatic heterocycles. The van der Waals surface area contributed by atoms with Gasteiger partial charge >= 0.3 is 75.0 Å². The second-order valence-corrected chi connectivity index (χ2v) is 8.99. The van der Waals surface area contributed by atoms with Gasteiger partial charge in [0.2, 0.25) is 0 Å². The van der Waals surface area contributed by atoms with Crippen LogP contribution in [-0.4, -0.2) is 28.1 Å². The van der Waals surface area contributed by atoms with Crippen molar-refractivity contribution < 1.29 is 90.3 Å². The summed E-state index contributed by atoms with van der Waals surface area (Å²) in [5, 5.41) is 2.34. The Morgan fingerprint density at radius 2 is 1.56 bits per heavy atom. The summed E-state index contributed by atoms with van der Waals surface area (Å²) in [7, 11) is -5.55. The molecule has 0 unspecified atom stereocenters. The van der Waals surface area contributed by atoms with Gasteiger partial charge in [-0.2, -0.15) is 8.42 Å². The summed E-state index contributed by atoms with van der Waals surface area (Å²) in [6, 6.07) is 17.1. The van der Waals surface area contributed by atoms with Crippen LogP contribution >= 0.6 is 0 Å². The summed E-state index contributed by atoms with van der Waals surface area (Å²) in [4.78, 5) is 12.3. The molecular formula is C23H19BF4KNO5S. The van der Waals surface area contributed by atoms with Crippen LogP contribution in [0.25, 0.3) is 11.1 Å². The van der Waals surface area contributed by atoms with Gasteiger partial charge in [-0.1, -0.05) is 58.5 Å². The zero-order valence-corrected chi connectivity index (χ0v) is 23.2. The molecular weight excluding hydrogens is 528 g/mol. The van der Waals surface area contributed by atoms with E-state index in [4.69, 9.17) is 4.74 Å². The molecule has 3 aromatic carbocycles. The van der Waals surface area contributed by atoms with E-state index in [0.29, 0.717) is 0 Å². The first kappa shape index (κ1) is 28.7. The molecule has 0 fully saturated rings. The Balaban J connectivity index is 0.00000361. The second-order valence-electron chi connectivity index (χ2n) is 8.04. The molecule has 0 spiro atoms. The van der Waals surface area contributed by atoms with Crippen LogP contribution in [0.15, 0.2) is 60.7 Å². The van der Waals surface area contributed by atoms with Crippen LogP contribution < -0.4 is 66.3 Å². The number of halogens is 4. The molecule has 1 aliphatic rings. The third kappa shape index (κ3) is 6.50. The molecule has 0 saturated carbocycles. The van der Waals surface area contributed by atoms with Crippen molar-refractivity contribution in [1.82, 2.24) is 5.32 Å². The minimum absolute atomic E-state index is 0. The Labute approximate surface area is 248 Å². The first-order valence-electron chi connectivity index (χ1n) is 10.5. The molecule has 0 radical (unpaired) electrons.